The molecule has 0 amide bonds. The highest BCUT2D eigenvalue weighted by atomic mass is 35.5. The van der Waals surface area contributed by atoms with Crippen LogP contribution in [0.5, 0.6) is 5.75 Å². The summed E-state index contributed by atoms with van der Waals surface area (Å²) in [7, 11) is 0. The van der Waals surface area contributed by atoms with Gasteiger partial charge in [-0.2, -0.15) is 0 Å². The average Bonchev–Trinajstić information content (AvgIpc) is 2.42. The van der Waals surface area contributed by atoms with E-state index in [1.54, 1.807) is 0 Å². The van der Waals surface area contributed by atoms with Crippen molar-refractivity contribution in [2.75, 3.05) is 26.2 Å². The standard InChI is InChI=1S/C13H16Cl2F2N2O/c14-9-5-8(6-10(15)13(9)20)11(7-12(16)17)19-3-1-18-2-4-19/h5-6,11-12,18,20H,1-4,7H2/t11-/m1/s1. The molecule has 2 rings (SSSR count). The van der Waals surface area contributed by atoms with Crippen LogP contribution in [0.3, 0.4) is 0 Å². The lowest BCUT2D eigenvalue weighted by Crippen LogP contribution is -2.45. The zero-order valence-corrected chi connectivity index (χ0v) is 12.3. The van der Waals surface area contributed by atoms with Gasteiger partial charge >= 0.3 is 0 Å². The summed E-state index contributed by atoms with van der Waals surface area (Å²) in [6.45, 7) is 2.90. The predicted molar refractivity (Wildman–Crippen MR) is 75.9 cm³/mol. The van der Waals surface area contributed by atoms with Crippen molar-refractivity contribution in [2.45, 2.75) is 18.9 Å². The number of piperazine rings is 1. The van der Waals surface area contributed by atoms with Crippen molar-refractivity contribution in [3.63, 3.8) is 0 Å². The van der Waals surface area contributed by atoms with Crippen molar-refractivity contribution in [2.24, 2.45) is 0 Å². The van der Waals surface area contributed by atoms with Crippen LogP contribution in [0.1, 0.15) is 18.0 Å². The Kier molecular flexibility index (Phi) is 5.43. The number of hydrogen-bond donors (Lipinski definition) is 2. The molecule has 0 saturated carbocycles. The summed E-state index contributed by atoms with van der Waals surface area (Å²) in [4.78, 5) is 1.99. The lowest BCUT2D eigenvalue weighted by Gasteiger charge is -2.35. The van der Waals surface area contributed by atoms with E-state index in [4.69, 9.17) is 23.2 Å². The largest absolute Gasteiger partial charge is 0.505 e. The third-order valence-corrected chi connectivity index (χ3v) is 3.99. The van der Waals surface area contributed by atoms with Crippen molar-refractivity contribution < 1.29 is 13.9 Å². The maximum atomic E-state index is 12.8. The van der Waals surface area contributed by atoms with Crippen molar-refractivity contribution >= 4 is 23.2 Å². The Balaban J connectivity index is 2.30. The fourth-order valence-electron chi connectivity index (χ4n) is 2.44. The first-order valence-electron chi connectivity index (χ1n) is 6.40. The molecule has 0 bridgehead atoms. The zero-order chi connectivity index (χ0) is 14.7. The molecular formula is C13H16Cl2F2N2O. The Morgan fingerprint density at radius 2 is 1.75 bits per heavy atom. The van der Waals surface area contributed by atoms with E-state index in [1.807, 2.05) is 4.90 Å². The first-order valence-corrected chi connectivity index (χ1v) is 7.15. The molecule has 1 aliphatic rings. The number of nitrogens with one attached hydrogen (secondary N) is 1. The van der Waals surface area contributed by atoms with E-state index in [2.05, 4.69) is 5.32 Å². The van der Waals surface area contributed by atoms with Gasteiger partial charge in [0.2, 0.25) is 6.43 Å². The van der Waals surface area contributed by atoms with Crippen LogP contribution in [0.15, 0.2) is 12.1 Å². The molecule has 20 heavy (non-hydrogen) atoms. The molecule has 3 nitrogen and oxygen atoms in total. The third-order valence-electron chi connectivity index (χ3n) is 3.42. The van der Waals surface area contributed by atoms with Gasteiger partial charge in [0.15, 0.2) is 5.75 Å². The lowest BCUT2D eigenvalue weighted by molar-refractivity contribution is 0.0739. The maximum Gasteiger partial charge on any atom is 0.240 e. The van der Waals surface area contributed by atoms with E-state index >= 15 is 0 Å². The van der Waals surface area contributed by atoms with Crippen molar-refractivity contribution in [3.8, 4) is 5.75 Å². The number of benzene rings is 1. The Morgan fingerprint density at radius 1 is 1.20 bits per heavy atom. The van der Waals surface area contributed by atoms with E-state index in [9.17, 15) is 13.9 Å². The van der Waals surface area contributed by atoms with Crippen molar-refractivity contribution in [1.29, 1.82) is 0 Å². The van der Waals surface area contributed by atoms with Crippen molar-refractivity contribution in [3.05, 3.63) is 27.7 Å². The summed E-state index contributed by atoms with van der Waals surface area (Å²) in [5.41, 5.74) is 0.611. The van der Waals surface area contributed by atoms with Gasteiger partial charge in [-0.15, -0.1) is 0 Å². The molecule has 1 fully saturated rings. The number of phenols is 1. The van der Waals surface area contributed by atoms with Crippen LogP contribution in [-0.2, 0) is 0 Å². The van der Waals surface area contributed by atoms with Crippen LogP contribution in [-0.4, -0.2) is 42.6 Å². The molecule has 7 heteroatoms. The Morgan fingerprint density at radius 3 is 2.25 bits per heavy atom. The minimum Gasteiger partial charge on any atom is -0.505 e. The molecule has 1 heterocycles. The third kappa shape index (κ3) is 3.73. The van der Waals surface area contributed by atoms with Crippen molar-refractivity contribution in [1.82, 2.24) is 10.2 Å². The molecule has 2 N–H and O–H groups in total. The summed E-state index contributed by atoms with van der Waals surface area (Å²) >= 11 is 11.8. The minimum atomic E-state index is -2.42. The van der Waals surface area contributed by atoms with E-state index in [0.29, 0.717) is 18.7 Å². The molecule has 0 spiro atoms. The normalized spacial score (nSPS) is 18.4. The van der Waals surface area contributed by atoms with E-state index < -0.39 is 12.5 Å². The number of alkyl halides is 2. The molecular weight excluding hydrogens is 309 g/mol. The Bertz CT molecular complexity index is 445. The highest BCUT2D eigenvalue weighted by Crippen LogP contribution is 2.37. The summed E-state index contributed by atoms with van der Waals surface area (Å²) in [6, 6.07) is 2.57. The second-order valence-electron chi connectivity index (χ2n) is 4.76. The Hall–Kier alpha value is -0.620. The van der Waals surface area contributed by atoms with E-state index in [-0.39, 0.29) is 22.2 Å². The summed E-state index contributed by atoms with van der Waals surface area (Å²) in [6.07, 6.45) is -2.70. The van der Waals surface area contributed by atoms with Gasteiger partial charge in [0.1, 0.15) is 0 Å². The van der Waals surface area contributed by atoms with Crippen LogP contribution in [0.4, 0.5) is 8.78 Å². The zero-order valence-electron chi connectivity index (χ0n) is 10.8. The maximum absolute atomic E-state index is 12.8. The van der Waals surface area contributed by atoms with Gasteiger partial charge in [-0.1, -0.05) is 23.2 Å². The average molecular weight is 325 g/mol. The molecule has 1 atom stereocenters. The van der Waals surface area contributed by atoms with E-state index in [0.717, 1.165) is 13.1 Å². The van der Waals surface area contributed by atoms with Gasteiger partial charge < -0.3 is 10.4 Å². The highest BCUT2D eigenvalue weighted by molar-refractivity contribution is 6.37. The fourth-order valence-corrected chi connectivity index (χ4v) is 2.94. The second-order valence-corrected chi connectivity index (χ2v) is 5.58. The van der Waals surface area contributed by atoms with Crippen LogP contribution in [0.2, 0.25) is 10.0 Å². The predicted octanol–water partition coefficient (Wildman–Crippen LogP) is 3.30. The summed E-state index contributed by atoms with van der Waals surface area (Å²) < 4.78 is 25.7. The molecule has 0 aliphatic carbocycles. The van der Waals surface area contributed by atoms with Gasteiger partial charge in [-0.25, -0.2) is 8.78 Å². The number of aromatic hydroxyl groups is 1. The summed E-state index contributed by atoms with van der Waals surface area (Å²) in [5.74, 6) is -0.215. The van der Waals surface area contributed by atoms with Gasteiger partial charge in [0, 0.05) is 38.6 Å². The van der Waals surface area contributed by atoms with Crippen LogP contribution in [0, 0.1) is 0 Å². The molecule has 0 aromatic heterocycles. The first-order chi connectivity index (χ1) is 9.49. The van der Waals surface area contributed by atoms with Gasteiger partial charge in [0.25, 0.3) is 0 Å². The number of phenolic OH excluding ortho intramolecular Hbond substituents is 1. The fraction of sp³-hybridized carbons (Fsp3) is 0.538. The van der Waals surface area contributed by atoms with Crippen LogP contribution < -0.4 is 5.32 Å². The topological polar surface area (TPSA) is 35.5 Å². The number of hydrogen-bond acceptors (Lipinski definition) is 3. The van der Waals surface area contributed by atoms with Crippen LogP contribution in [0.25, 0.3) is 0 Å². The Labute approximate surface area is 126 Å². The lowest BCUT2D eigenvalue weighted by atomic mass is 10.0. The smallest absolute Gasteiger partial charge is 0.240 e. The second kappa shape index (κ2) is 6.89. The number of nitrogens with zero attached hydrogens (tertiary/aromatic N) is 1. The number of rotatable bonds is 4. The van der Waals surface area contributed by atoms with E-state index in [1.165, 1.54) is 12.1 Å². The molecule has 1 saturated heterocycles. The van der Waals surface area contributed by atoms with Gasteiger partial charge in [-0.05, 0) is 17.7 Å². The van der Waals surface area contributed by atoms with Gasteiger partial charge in [-0.3, -0.25) is 4.90 Å². The molecule has 112 valence electrons. The number of halogens is 4. The monoisotopic (exact) mass is 324 g/mol. The quantitative estimate of drug-likeness (QED) is 0.892. The SMILES string of the molecule is Oc1c(Cl)cc([C@@H](CC(F)F)N2CCNCC2)cc1Cl. The van der Waals surface area contributed by atoms with Crippen LogP contribution >= 0.6 is 23.2 Å². The summed E-state index contributed by atoms with van der Waals surface area (Å²) in [5, 5.41) is 12.9. The molecule has 1 aromatic rings. The molecule has 0 unspecified atom stereocenters. The molecule has 0 radical (unpaired) electrons. The highest BCUT2D eigenvalue weighted by Gasteiger charge is 2.26. The minimum absolute atomic E-state index is 0.0851. The van der Waals surface area contributed by atoms with Gasteiger partial charge in [0.05, 0.1) is 10.0 Å². The molecule has 1 aliphatic heterocycles. The molecule has 1 aromatic carbocycles. The first kappa shape index (κ1) is 15.8.